The molecule has 0 saturated carbocycles. The summed E-state index contributed by atoms with van der Waals surface area (Å²) < 4.78 is 0. The molecule has 0 aromatic carbocycles. The van der Waals surface area contributed by atoms with Crippen molar-refractivity contribution in [2.75, 3.05) is 19.6 Å². The molecule has 0 spiro atoms. The highest BCUT2D eigenvalue weighted by molar-refractivity contribution is 5.95. The summed E-state index contributed by atoms with van der Waals surface area (Å²) in [7, 11) is 0. The van der Waals surface area contributed by atoms with Crippen molar-refractivity contribution in [1.82, 2.24) is 15.1 Å². The van der Waals surface area contributed by atoms with Crippen molar-refractivity contribution in [3.05, 3.63) is 17.5 Å². The van der Waals surface area contributed by atoms with Crippen LogP contribution in [0, 0.1) is 12.8 Å². The zero-order valence-electron chi connectivity index (χ0n) is 9.57. The fraction of sp³-hybridized carbons (Fsp3) is 0.636. The zero-order valence-corrected chi connectivity index (χ0v) is 9.57. The van der Waals surface area contributed by atoms with Gasteiger partial charge in [-0.2, -0.15) is 5.10 Å². The Hall–Kier alpha value is -1.36. The Morgan fingerprint density at radius 3 is 3.19 bits per heavy atom. The average molecular weight is 222 g/mol. The maximum absolute atomic E-state index is 12.1. The van der Waals surface area contributed by atoms with Gasteiger partial charge in [-0.05, 0) is 32.2 Å². The Morgan fingerprint density at radius 2 is 2.56 bits per heavy atom. The third-order valence-electron chi connectivity index (χ3n) is 3.21. The van der Waals surface area contributed by atoms with Crippen molar-refractivity contribution < 1.29 is 4.79 Å². The van der Waals surface area contributed by atoms with Crippen LogP contribution in [0.2, 0.25) is 0 Å². The molecular formula is C11H18N4O. The number of hydrogen-bond donors (Lipinski definition) is 2. The maximum atomic E-state index is 12.1. The topological polar surface area (TPSA) is 75.0 Å². The zero-order chi connectivity index (χ0) is 11.5. The number of amides is 1. The second kappa shape index (κ2) is 4.65. The molecule has 0 aliphatic carbocycles. The van der Waals surface area contributed by atoms with E-state index in [4.69, 9.17) is 5.73 Å². The second-order valence-electron chi connectivity index (χ2n) is 4.39. The van der Waals surface area contributed by atoms with Gasteiger partial charge in [0.2, 0.25) is 0 Å². The highest BCUT2D eigenvalue weighted by Crippen LogP contribution is 2.21. The molecule has 1 unspecified atom stereocenters. The molecule has 1 fully saturated rings. The van der Waals surface area contributed by atoms with E-state index >= 15 is 0 Å². The average Bonchev–Trinajstić information content (AvgIpc) is 2.87. The number of nitrogens with one attached hydrogen (secondary N) is 1. The molecule has 1 atom stereocenters. The van der Waals surface area contributed by atoms with Crippen LogP contribution < -0.4 is 5.73 Å². The lowest BCUT2D eigenvalue weighted by Gasteiger charge is -2.15. The molecule has 2 heterocycles. The molecule has 2 rings (SSSR count). The quantitative estimate of drug-likeness (QED) is 0.783. The number of carbonyl (C=O) groups excluding carboxylic acids is 1. The van der Waals surface area contributed by atoms with Gasteiger partial charge in [-0.3, -0.25) is 9.89 Å². The highest BCUT2D eigenvalue weighted by atomic mass is 16.2. The lowest BCUT2D eigenvalue weighted by molar-refractivity contribution is 0.0786. The van der Waals surface area contributed by atoms with Gasteiger partial charge in [-0.25, -0.2) is 0 Å². The molecule has 1 saturated heterocycles. The third kappa shape index (κ3) is 2.09. The highest BCUT2D eigenvalue weighted by Gasteiger charge is 2.27. The van der Waals surface area contributed by atoms with Gasteiger partial charge in [0.25, 0.3) is 5.91 Å². The molecule has 1 aromatic rings. The smallest absolute Gasteiger partial charge is 0.257 e. The molecule has 3 N–H and O–H groups in total. The number of likely N-dealkylation sites (tertiary alicyclic amines) is 1. The van der Waals surface area contributed by atoms with Crippen LogP contribution in [0.4, 0.5) is 0 Å². The minimum absolute atomic E-state index is 0.0887. The lowest BCUT2D eigenvalue weighted by Crippen LogP contribution is -2.29. The number of rotatable bonds is 3. The van der Waals surface area contributed by atoms with Crippen molar-refractivity contribution in [1.29, 1.82) is 0 Å². The van der Waals surface area contributed by atoms with Crippen LogP contribution in [0.1, 0.15) is 28.9 Å². The van der Waals surface area contributed by atoms with E-state index in [0.29, 0.717) is 18.0 Å². The van der Waals surface area contributed by atoms with E-state index in [1.165, 1.54) is 0 Å². The van der Waals surface area contributed by atoms with Crippen molar-refractivity contribution in [2.24, 2.45) is 11.7 Å². The summed E-state index contributed by atoms with van der Waals surface area (Å²) in [5.41, 5.74) is 7.06. The fourth-order valence-electron chi connectivity index (χ4n) is 2.23. The lowest BCUT2D eigenvalue weighted by atomic mass is 10.1. The van der Waals surface area contributed by atoms with E-state index < -0.39 is 0 Å². The SMILES string of the molecule is Cc1[nH]ncc1C(=O)N1CCC(CCN)C1. The van der Waals surface area contributed by atoms with Crippen LogP contribution in [0.15, 0.2) is 6.20 Å². The van der Waals surface area contributed by atoms with Gasteiger partial charge in [-0.1, -0.05) is 0 Å². The Balaban J connectivity index is 2.00. The molecule has 0 radical (unpaired) electrons. The number of nitrogens with two attached hydrogens (primary N) is 1. The molecule has 5 heteroatoms. The fourth-order valence-corrected chi connectivity index (χ4v) is 2.23. The maximum Gasteiger partial charge on any atom is 0.257 e. The van der Waals surface area contributed by atoms with Crippen LogP contribution >= 0.6 is 0 Å². The first kappa shape index (κ1) is 11.1. The number of aryl methyl sites for hydroxylation is 1. The third-order valence-corrected chi connectivity index (χ3v) is 3.21. The number of nitrogens with zero attached hydrogens (tertiary/aromatic N) is 2. The predicted octanol–water partition coefficient (Wildman–Crippen LogP) is 0.529. The Labute approximate surface area is 95.0 Å². The second-order valence-corrected chi connectivity index (χ2v) is 4.39. The first-order valence-corrected chi connectivity index (χ1v) is 5.71. The number of H-pyrrole nitrogens is 1. The van der Waals surface area contributed by atoms with Gasteiger partial charge in [0.1, 0.15) is 0 Å². The van der Waals surface area contributed by atoms with Crippen LogP contribution in [0.25, 0.3) is 0 Å². The van der Waals surface area contributed by atoms with Crippen LogP contribution in [0.3, 0.4) is 0 Å². The number of hydrogen-bond acceptors (Lipinski definition) is 3. The largest absolute Gasteiger partial charge is 0.338 e. The Kier molecular flexibility index (Phi) is 3.24. The van der Waals surface area contributed by atoms with Crippen molar-refractivity contribution in [3.63, 3.8) is 0 Å². The number of carbonyl (C=O) groups is 1. The molecule has 1 aliphatic heterocycles. The molecule has 88 valence electrons. The molecule has 1 aromatic heterocycles. The van der Waals surface area contributed by atoms with Gasteiger partial charge in [0.05, 0.1) is 11.8 Å². The van der Waals surface area contributed by atoms with E-state index in [1.807, 2.05) is 11.8 Å². The van der Waals surface area contributed by atoms with Gasteiger partial charge in [0, 0.05) is 18.8 Å². The van der Waals surface area contributed by atoms with E-state index in [9.17, 15) is 4.79 Å². The summed E-state index contributed by atoms with van der Waals surface area (Å²) in [4.78, 5) is 14.0. The summed E-state index contributed by atoms with van der Waals surface area (Å²) in [6.07, 6.45) is 3.68. The summed E-state index contributed by atoms with van der Waals surface area (Å²) in [5.74, 6) is 0.659. The summed E-state index contributed by atoms with van der Waals surface area (Å²) in [5, 5.41) is 6.67. The molecule has 1 aliphatic rings. The van der Waals surface area contributed by atoms with E-state index in [0.717, 1.165) is 31.6 Å². The van der Waals surface area contributed by atoms with E-state index in [2.05, 4.69) is 10.2 Å². The van der Waals surface area contributed by atoms with Crippen LogP contribution in [-0.4, -0.2) is 40.6 Å². The minimum atomic E-state index is 0.0887. The van der Waals surface area contributed by atoms with E-state index in [1.54, 1.807) is 6.20 Å². The Bertz CT molecular complexity index is 374. The van der Waals surface area contributed by atoms with Crippen molar-refractivity contribution in [2.45, 2.75) is 19.8 Å². The number of aromatic nitrogens is 2. The molecule has 16 heavy (non-hydrogen) atoms. The predicted molar refractivity (Wildman–Crippen MR) is 61.0 cm³/mol. The van der Waals surface area contributed by atoms with Gasteiger partial charge in [-0.15, -0.1) is 0 Å². The number of aromatic amines is 1. The molecular weight excluding hydrogens is 204 g/mol. The standard InChI is InChI=1S/C11H18N4O/c1-8-10(6-13-14-8)11(16)15-5-3-9(7-15)2-4-12/h6,9H,2-5,7,12H2,1H3,(H,13,14). The van der Waals surface area contributed by atoms with Crippen molar-refractivity contribution in [3.8, 4) is 0 Å². The van der Waals surface area contributed by atoms with E-state index in [-0.39, 0.29) is 5.91 Å². The summed E-state index contributed by atoms with van der Waals surface area (Å²) >= 11 is 0. The molecule has 0 bridgehead atoms. The first-order valence-electron chi connectivity index (χ1n) is 5.71. The van der Waals surface area contributed by atoms with Gasteiger partial charge >= 0.3 is 0 Å². The van der Waals surface area contributed by atoms with Gasteiger partial charge < -0.3 is 10.6 Å². The summed E-state index contributed by atoms with van der Waals surface area (Å²) in [6.45, 7) is 4.25. The monoisotopic (exact) mass is 222 g/mol. The molecule has 5 nitrogen and oxygen atoms in total. The molecule has 1 amide bonds. The van der Waals surface area contributed by atoms with Gasteiger partial charge in [0.15, 0.2) is 0 Å². The summed E-state index contributed by atoms with van der Waals surface area (Å²) in [6, 6.07) is 0. The van der Waals surface area contributed by atoms with Crippen LogP contribution in [-0.2, 0) is 0 Å². The Morgan fingerprint density at radius 1 is 1.75 bits per heavy atom. The van der Waals surface area contributed by atoms with Crippen LogP contribution in [0.5, 0.6) is 0 Å². The minimum Gasteiger partial charge on any atom is -0.338 e. The first-order chi connectivity index (χ1) is 7.72. The normalized spacial score (nSPS) is 20.4. The van der Waals surface area contributed by atoms with Crippen molar-refractivity contribution >= 4 is 5.91 Å².